The summed E-state index contributed by atoms with van der Waals surface area (Å²) < 4.78 is 16.5. The van der Waals surface area contributed by atoms with Gasteiger partial charge >= 0.3 is 0 Å². The van der Waals surface area contributed by atoms with Crippen molar-refractivity contribution in [3.8, 4) is 0 Å². The SMILES string of the molecule is COC[C@@H]1CCO[C@H]([C]2[CH][CH][CH][C]2NC(C)=O)O1. The van der Waals surface area contributed by atoms with Crippen molar-refractivity contribution in [1.82, 2.24) is 5.32 Å². The van der Waals surface area contributed by atoms with Gasteiger partial charge in [-0.1, -0.05) is 0 Å². The van der Waals surface area contributed by atoms with E-state index in [1.807, 2.05) is 19.3 Å². The van der Waals surface area contributed by atoms with E-state index in [0.29, 0.717) is 13.2 Å². The van der Waals surface area contributed by atoms with Crippen LogP contribution in [0, 0.1) is 31.2 Å². The smallest absolute Gasteiger partial charge is 0.217 e. The Bertz CT molecular complexity index is 282. The highest BCUT2D eigenvalue weighted by atomic mass is 16.7. The van der Waals surface area contributed by atoms with Crippen LogP contribution in [-0.2, 0) is 19.0 Å². The molecule has 0 unspecified atom stereocenters. The zero-order valence-electron chi connectivity index (χ0n) is 10.6. The molecular weight excluding hydrogens is 234 g/mol. The van der Waals surface area contributed by atoms with Gasteiger partial charge in [-0.15, -0.1) is 0 Å². The van der Waals surface area contributed by atoms with Gasteiger partial charge < -0.3 is 19.5 Å². The van der Waals surface area contributed by atoms with Crippen molar-refractivity contribution >= 4 is 5.91 Å². The van der Waals surface area contributed by atoms with Crippen molar-refractivity contribution in [1.29, 1.82) is 0 Å². The number of hydrogen-bond donors (Lipinski definition) is 1. The molecule has 2 rings (SSSR count). The molecule has 1 N–H and O–H groups in total. The van der Waals surface area contributed by atoms with Crippen LogP contribution in [0.3, 0.4) is 0 Å². The van der Waals surface area contributed by atoms with Crippen LogP contribution in [0.15, 0.2) is 0 Å². The first kappa shape index (κ1) is 13.8. The van der Waals surface area contributed by atoms with Crippen LogP contribution in [0.4, 0.5) is 0 Å². The lowest BCUT2D eigenvalue weighted by atomic mass is 10.0. The summed E-state index contributed by atoms with van der Waals surface area (Å²) in [6, 6.07) is 0.741. The van der Waals surface area contributed by atoms with E-state index in [1.54, 1.807) is 7.11 Å². The maximum Gasteiger partial charge on any atom is 0.217 e. The molecule has 1 aliphatic carbocycles. The number of carbonyl (C=O) groups excluding carboxylic acids is 1. The van der Waals surface area contributed by atoms with Crippen LogP contribution in [0.25, 0.3) is 0 Å². The molecule has 0 aromatic heterocycles. The van der Waals surface area contributed by atoms with E-state index in [0.717, 1.165) is 18.4 Å². The molecule has 1 aliphatic heterocycles. The Labute approximate surface area is 108 Å². The average molecular weight is 252 g/mol. The summed E-state index contributed by atoms with van der Waals surface area (Å²) in [5.41, 5.74) is 0. The number of methoxy groups -OCH3 is 1. The van der Waals surface area contributed by atoms with Gasteiger partial charge in [0.25, 0.3) is 0 Å². The first-order chi connectivity index (χ1) is 8.70. The molecule has 5 heteroatoms. The molecule has 0 spiro atoms. The summed E-state index contributed by atoms with van der Waals surface area (Å²) in [5, 5.41) is 2.77. The van der Waals surface area contributed by atoms with E-state index in [2.05, 4.69) is 5.32 Å². The van der Waals surface area contributed by atoms with Gasteiger partial charge in [0.1, 0.15) is 0 Å². The van der Waals surface area contributed by atoms with E-state index in [9.17, 15) is 4.79 Å². The summed E-state index contributed by atoms with van der Waals surface area (Å²) in [6.07, 6.45) is 6.02. The molecule has 18 heavy (non-hydrogen) atoms. The Kier molecular flexibility index (Phi) is 4.97. The summed E-state index contributed by atoms with van der Waals surface area (Å²) in [6.45, 7) is 2.66. The highest BCUT2D eigenvalue weighted by Crippen LogP contribution is 2.37. The van der Waals surface area contributed by atoms with E-state index in [1.165, 1.54) is 6.92 Å². The van der Waals surface area contributed by atoms with Gasteiger partial charge in [0.15, 0.2) is 6.29 Å². The summed E-state index contributed by atoms with van der Waals surface area (Å²) >= 11 is 0. The number of nitrogens with one attached hydrogen (secondary N) is 1. The summed E-state index contributed by atoms with van der Waals surface area (Å²) in [7, 11) is 1.65. The molecule has 0 aromatic rings. The minimum atomic E-state index is -0.434. The molecular formula is C13H18NO4. The lowest BCUT2D eigenvalue weighted by Crippen LogP contribution is -2.42. The van der Waals surface area contributed by atoms with Crippen molar-refractivity contribution in [2.24, 2.45) is 0 Å². The Morgan fingerprint density at radius 3 is 3.11 bits per heavy atom. The lowest BCUT2D eigenvalue weighted by Gasteiger charge is -2.34. The van der Waals surface area contributed by atoms with Crippen molar-refractivity contribution in [2.75, 3.05) is 20.3 Å². The zero-order chi connectivity index (χ0) is 13.0. The molecule has 0 bridgehead atoms. The highest BCUT2D eigenvalue weighted by molar-refractivity contribution is 5.76. The Morgan fingerprint density at radius 2 is 2.39 bits per heavy atom. The van der Waals surface area contributed by atoms with Gasteiger partial charge in [-0.3, -0.25) is 4.79 Å². The van der Waals surface area contributed by atoms with Gasteiger partial charge in [-0.05, 0) is 25.7 Å². The van der Waals surface area contributed by atoms with Crippen molar-refractivity contribution in [3.63, 3.8) is 0 Å². The molecule has 1 amide bonds. The largest absolute Gasteiger partial charge is 0.382 e. The predicted molar refractivity (Wildman–Crippen MR) is 64.3 cm³/mol. The topological polar surface area (TPSA) is 56.8 Å². The minimum absolute atomic E-state index is 0.0360. The molecule has 5 nitrogen and oxygen atoms in total. The maximum atomic E-state index is 11.1. The molecule has 1 saturated carbocycles. The van der Waals surface area contributed by atoms with Crippen LogP contribution < -0.4 is 5.32 Å². The zero-order valence-corrected chi connectivity index (χ0v) is 10.6. The van der Waals surface area contributed by atoms with Gasteiger partial charge in [0.05, 0.1) is 31.3 Å². The standard InChI is InChI=1S/C13H18NO4/c1-9(15)14-12-5-3-4-11(12)13-17-7-6-10(18-13)8-16-2/h3-5,10,13H,6-8H2,1-2H3,(H,14,15)/t10-,13-/m0/s1. The monoisotopic (exact) mass is 252 g/mol. The Morgan fingerprint density at radius 1 is 1.56 bits per heavy atom. The molecule has 2 fully saturated rings. The number of hydrogen-bond acceptors (Lipinski definition) is 4. The summed E-state index contributed by atoms with van der Waals surface area (Å²) in [4.78, 5) is 11.1. The Hall–Kier alpha value is -0.650. The fraction of sp³-hybridized carbons (Fsp3) is 0.538. The third kappa shape index (κ3) is 3.43. The highest BCUT2D eigenvalue weighted by Gasteiger charge is 2.40. The second kappa shape index (κ2) is 6.50. The molecule has 0 aromatic carbocycles. The second-order valence-electron chi connectivity index (χ2n) is 4.28. The Balaban J connectivity index is 1.90. The van der Waals surface area contributed by atoms with Crippen LogP contribution in [0.5, 0.6) is 0 Å². The molecule has 2 aliphatic rings. The van der Waals surface area contributed by atoms with Crippen LogP contribution in [0.2, 0.25) is 0 Å². The third-order valence-electron chi connectivity index (χ3n) is 2.79. The summed E-state index contributed by atoms with van der Waals surface area (Å²) in [5.74, 6) is 0.748. The molecule has 1 heterocycles. The first-order valence-corrected chi connectivity index (χ1v) is 6.00. The average Bonchev–Trinajstić information content (AvgIpc) is 2.77. The number of ether oxygens (including phenoxy) is 3. The van der Waals surface area contributed by atoms with E-state index < -0.39 is 6.29 Å². The van der Waals surface area contributed by atoms with Gasteiger partial charge in [0, 0.05) is 14.0 Å². The van der Waals surface area contributed by atoms with Crippen LogP contribution in [-0.4, -0.2) is 38.6 Å². The fourth-order valence-electron chi connectivity index (χ4n) is 2.00. The maximum absolute atomic E-state index is 11.1. The minimum Gasteiger partial charge on any atom is -0.382 e. The lowest BCUT2D eigenvalue weighted by molar-refractivity contribution is -0.210. The van der Waals surface area contributed by atoms with Crippen LogP contribution in [0.1, 0.15) is 13.3 Å². The molecule has 2 atom stereocenters. The van der Waals surface area contributed by atoms with Crippen molar-refractivity contribution < 1.29 is 19.0 Å². The van der Waals surface area contributed by atoms with Gasteiger partial charge in [-0.2, -0.15) is 0 Å². The number of rotatable bonds is 4. The third-order valence-corrected chi connectivity index (χ3v) is 2.79. The van der Waals surface area contributed by atoms with Gasteiger partial charge in [-0.25, -0.2) is 0 Å². The van der Waals surface area contributed by atoms with E-state index in [4.69, 9.17) is 14.2 Å². The number of carbonyl (C=O) groups is 1. The van der Waals surface area contributed by atoms with Gasteiger partial charge in [0.2, 0.25) is 5.91 Å². The fourth-order valence-corrected chi connectivity index (χ4v) is 2.00. The molecule has 99 valence electrons. The second-order valence-corrected chi connectivity index (χ2v) is 4.28. The first-order valence-electron chi connectivity index (χ1n) is 6.00. The quantitative estimate of drug-likeness (QED) is 0.797. The number of amides is 1. The predicted octanol–water partition coefficient (Wildman–Crippen LogP) is 0.633. The van der Waals surface area contributed by atoms with Crippen molar-refractivity contribution in [2.45, 2.75) is 25.7 Å². The molecule has 5 radical (unpaired) electrons. The normalized spacial score (nSPS) is 30.6. The molecule has 1 saturated heterocycles. The van der Waals surface area contributed by atoms with Crippen molar-refractivity contribution in [3.05, 3.63) is 31.2 Å². The van der Waals surface area contributed by atoms with E-state index >= 15 is 0 Å². The van der Waals surface area contributed by atoms with E-state index in [-0.39, 0.29) is 12.0 Å². The van der Waals surface area contributed by atoms with Crippen LogP contribution >= 0.6 is 0 Å².